The van der Waals surface area contributed by atoms with Crippen molar-refractivity contribution in [1.29, 1.82) is 0 Å². The predicted octanol–water partition coefficient (Wildman–Crippen LogP) is 3.76. The summed E-state index contributed by atoms with van der Waals surface area (Å²) in [7, 11) is 1.67. The van der Waals surface area contributed by atoms with E-state index in [0.717, 1.165) is 16.7 Å². The van der Waals surface area contributed by atoms with Crippen LogP contribution in [-0.4, -0.2) is 13.2 Å². The average Bonchev–Trinajstić information content (AvgIpc) is 2.72. The highest BCUT2D eigenvalue weighted by molar-refractivity contribution is 6.31. The Labute approximate surface area is 112 Å². The van der Waals surface area contributed by atoms with Gasteiger partial charge >= 0.3 is 0 Å². The maximum absolute atomic E-state index is 6.20. The van der Waals surface area contributed by atoms with E-state index in [-0.39, 0.29) is 12.1 Å². The van der Waals surface area contributed by atoms with Gasteiger partial charge in [-0.15, -0.1) is 0 Å². The highest BCUT2D eigenvalue weighted by Gasteiger charge is 2.25. The van der Waals surface area contributed by atoms with Crippen molar-refractivity contribution in [3.05, 3.63) is 35.0 Å². The first-order valence-electron chi connectivity index (χ1n) is 6.00. The Morgan fingerprint density at radius 1 is 1.28 bits per heavy atom. The van der Waals surface area contributed by atoms with Crippen LogP contribution in [0.15, 0.2) is 28.7 Å². The fourth-order valence-corrected chi connectivity index (χ4v) is 2.37. The van der Waals surface area contributed by atoms with Gasteiger partial charge in [0, 0.05) is 17.5 Å². The van der Waals surface area contributed by atoms with Gasteiger partial charge < -0.3 is 14.9 Å². The van der Waals surface area contributed by atoms with E-state index in [2.05, 4.69) is 13.8 Å². The van der Waals surface area contributed by atoms with E-state index in [1.54, 1.807) is 13.2 Å². The maximum Gasteiger partial charge on any atom is 0.134 e. The number of furan rings is 1. The predicted molar refractivity (Wildman–Crippen MR) is 73.8 cm³/mol. The molecule has 0 fully saturated rings. The molecule has 1 aromatic heterocycles. The second kappa shape index (κ2) is 5.31. The standard InChI is InChI=1S/C14H18ClNO2/c1-8(2)14(17-3)13(16)12-7-9-6-10(15)4-5-11(9)18-12/h4-8,13-14H,16H2,1-3H3. The number of benzene rings is 1. The zero-order valence-electron chi connectivity index (χ0n) is 10.8. The molecular weight excluding hydrogens is 250 g/mol. The van der Waals surface area contributed by atoms with Crippen LogP contribution in [-0.2, 0) is 4.74 Å². The fraction of sp³-hybridized carbons (Fsp3) is 0.429. The second-order valence-electron chi connectivity index (χ2n) is 4.80. The molecule has 18 heavy (non-hydrogen) atoms. The van der Waals surface area contributed by atoms with Gasteiger partial charge in [-0.1, -0.05) is 25.4 Å². The monoisotopic (exact) mass is 267 g/mol. The topological polar surface area (TPSA) is 48.4 Å². The number of hydrogen-bond donors (Lipinski definition) is 1. The van der Waals surface area contributed by atoms with Crippen LogP contribution in [0.2, 0.25) is 5.02 Å². The number of methoxy groups -OCH3 is 1. The number of rotatable bonds is 4. The Hall–Kier alpha value is -1.03. The highest BCUT2D eigenvalue weighted by Crippen LogP contribution is 2.29. The molecule has 3 nitrogen and oxygen atoms in total. The first kappa shape index (κ1) is 13.4. The molecule has 2 rings (SSSR count). The van der Waals surface area contributed by atoms with Crippen LogP contribution in [0.1, 0.15) is 25.6 Å². The molecule has 98 valence electrons. The molecule has 0 saturated heterocycles. The van der Waals surface area contributed by atoms with Gasteiger partial charge in [0.1, 0.15) is 11.3 Å². The third kappa shape index (κ3) is 2.53. The third-order valence-electron chi connectivity index (χ3n) is 3.11. The molecule has 4 heteroatoms. The molecule has 2 aromatic rings. The van der Waals surface area contributed by atoms with Crippen molar-refractivity contribution < 1.29 is 9.15 Å². The van der Waals surface area contributed by atoms with Crippen molar-refractivity contribution >= 4 is 22.6 Å². The summed E-state index contributed by atoms with van der Waals surface area (Å²) in [6, 6.07) is 7.18. The molecule has 0 bridgehead atoms. The zero-order chi connectivity index (χ0) is 13.3. The lowest BCUT2D eigenvalue weighted by Crippen LogP contribution is -2.32. The number of nitrogens with two attached hydrogens (primary N) is 1. The summed E-state index contributed by atoms with van der Waals surface area (Å²) < 4.78 is 11.2. The molecule has 0 aliphatic rings. The molecule has 0 saturated carbocycles. The Morgan fingerprint density at radius 2 is 2.00 bits per heavy atom. The van der Waals surface area contributed by atoms with Crippen LogP contribution in [0.5, 0.6) is 0 Å². The first-order chi connectivity index (χ1) is 8.52. The summed E-state index contributed by atoms with van der Waals surface area (Å²) in [6.45, 7) is 4.15. The van der Waals surface area contributed by atoms with Gasteiger partial charge in [0.15, 0.2) is 0 Å². The molecule has 1 heterocycles. The molecule has 0 aliphatic heterocycles. The van der Waals surface area contributed by atoms with Gasteiger partial charge in [-0.25, -0.2) is 0 Å². The molecule has 0 radical (unpaired) electrons. The van der Waals surface area contributed by atoms with E-state index < -0.39 is 0 Å². The maximum atomic E-state index is 6.20. The van der Waals surface area contributed by atoms with E-state index in [0.29, 0.717) is 10.9 Å². The van der Waals surface area contributed by atoms with Crippen molar-refractivity contribution in [3.63, 3.8) is 0 Å². The highest BCUT2D eigenvalue weighted by atomic mass is 35.5. The Balaban J connectivity index is 2.35. The molecule has 2 N–H and O–H groups in total. The summed E-state index contributed by atoms with van der Waals surface area (Å²) in [5.41, 5.74) is 7.00. The van der Waals surface area contributed by atoms with E-state index in [1.807, 2.05) is 18.2 Å². The Kier molecular flexibility index (Phi) is 3.95. The summed E-state index contributed by atoms with van der Waals surface area (Å²) in [4.78, 5) is 0. The van der Waals surface area contributed by atoms with Gasteiger partial charge in [-0.2, -0.15) is 0 Å². The van der Waals surface area contributed by atoms with Crippen LogP contribution in [0.3, 0.4) is 0 Å². The van der Waals surface area contributed by atoms with Crippen LogP contribution < -0.4 is 5.73 Å². The normalized spacial score (nSPS) is 15.2. The zero-order valence-corrected chi connectivity index (χ0v) is 11.6. The third-order valence-corrected chi connectivity index (χ3v) is 3.34. The Bertz CT molecular complexity index is 536. The first-order valence-corrected chi connectivity index (χ1v) is 6.38. The van der Waals surface area contributed by atoms with E-state index in [1.165, 1.54) is 0 Å². The number of hydrogen-bond acceptors (Lipinski definition) is 3. The minimum atomic E-state index is -0.277. The van der Waals surface area contributed by atoms with E-state index >= 15 is 0 Å². The van der Waals surface area contributed by atoms with Crippen molar-refractivity contribution in [2.45, 2.75) is 26.0 Å². The lowest BCUT2D eigenvalue weighted by atomic mass is 9.98. The molecule has 0 spiro atoms. The molecule has 0 amide bonds. The number of halogens is 1. The van der Waals surface area contributed by atoms with Crippen molar-refractivity contribution in [1.82, 2.24) is 0 Å². The van der Waals surface area contributed by atoms with Gasteiger partial charge in [0.05, 0.1) is 12.1 Å². The van der Waals surface area contributed by atoms with Gasteiger partial charge in [-0.3, -0.25) is 0 Å². The van der Waals surface area contributed by atoms with Gasteiger partial charge in [-0.05, 0) is 30.2 Å². The fourth-order valence-electron chi connectivity index (χ4n) is 2.19. The van der Waals surface area contributed by atoms with Gasteiger partial charge in [0.2, 0.25) is 0 Å². The molecule has 1 aromatic carbocycles. The second-order valence-corrected chi connectivity index (χ2v) is 5.24. The lowest BCUT2D eigenvalue weighted by Gasteiger charge is -2.24. The van der Waals surface area contributed by atoms with E-state index in [9.17, 15) is 0 Å². The summed E-state index contributed by atoms with van der Waals surface area (Å²) in [6.07, 6.45) is -0.0685. The SMILES string of the molecule is COC(C(C)C)C(N)c1cc2cc(Cl)ccc2o1. The smallest absolute Gasteiger partial charge is 0.134 e. The van der Waals surface area contributed by atoms with Crippen LogP contribution in [0.4, 0.5) is 0 Å². The summed E-state index contributed by atoms with van der Waals surface area (Å²) >= 11 is 5.95. The van der Waals surface area contributed by atoms with Crippen molar-refractivity contribution in [3.8, 4) is 0 Å². The lowest BCUT2D eigenvalue weighted by molar-refractivity contribution is 0.0385. The minimum absolute atomic E-state index is 0.0685. The van der Waals surface area contributed by atoms with Crippen molar-refractivity contribution in [2.75, 3.05) is 7.11 Å². The number of ether oxygens (including phenoxy) is 1. The molecule has 2 unspecified atom stereocenters. The minimum Gasteiger partial charge on any atom is -0.459 e. The largest absolute Gasteiger partial charge is 0.459 e. The summed E-state index contributed by atoms with van der Waals surface area (Å²) in [5, 5.41) is 1.65. The quantitative estimate of drug-likeness (QED) is 0.918. The van der Waals surface area contributed by atoms with Crippen LogP contribution >= 0.6 is 11.6 Å². The van der Waals surface area contributed by atoms with Crippen LogP contribution in [0, 0.1) is 5.92 Å². The molecule has 0 aliphatic carbocycles. The molecule has 2 atom stereocenters. The average molecular weight is 268 g/mol. The van der Waals surface area contributed by atoms with Crippen LogP contribution in [0.25, 0.3) is 11.0 Å². The van der Waals surface area contributed by atoms with Crippen molar-refractivity contribution in [2.24, 2.45) is 11.7 Å². The summed E-state index contributed by atoms with van der Waals surface area (Å²) in [5.74, 6) is 1.05. The van der Waals surface area contributed by atoms with E-state index in [4.69, 9.17) is 26.5 Å². The van der Waals surface area contributed by atoms with Gasteiger partial charge in [0.25, 0.3) is 0 Å². The number of fused-ring (bicyclic) bond motifs is 1. The molecular formula is C14H18ClNO2. The Morgan fingerprint density at radius 3 is 2.61 bits per heavy atom.